The zero-order valence-corrected chi connectivity index (χ0v) is 17.9. The zero-order chi connectivity index (χ0) is 20.6. The van der Waals surface area contributed by atoms with Crippen LogP contribution in [0, 0.1) is 0 Å². The monoisotopic (exact) mass is 399 g/mol. The maximum atomic E-state index is 5.63. The Morgan fingerprint density at radius 1 is 1.24 bits per heavy atom. The first-order chi connectivity index (χ1) is 14.1. The first-order valence-corrected chi connectivity index (χ1v) is 10.4. The van der Waals surface area contributed by atoms with Crippen molar-refractivity contribution in [2.24, 2.45) is 4.99 Å². The number of aliphatic imine (C=N–C) groups is 1. The average molecular weight is 400 g/mol. The molecule has 0 radical (unpaired) electrons. The van der Waals surface area contributed by atoms with Crippen molar-refractivity contribution in [2.45, 2.75) is 45.2 Å². The number of nitrogens with zero attached hydrogens (tertiary/aromatic N) is 3. The number of hydrogen-bond acceptors (Lipinski definition) is 5. The molecule has 1 aliphatic rings. The van der Waals surface area contributed by atoms with Gasteiger partial charge in [-0.25, -0.2) is 0 Å². The fourth-order valence-electron chi connectivity index (χ4n) is 3.70. The van der Waals surface area contributed by atoms with E-state index in [0.29, 0.717) is 12.5 Å². The van der Waals surface area contributed by atoms with Gasteiger partial charge in [0.05, 0.1) is 25.4 Å². The number of nitrogens with one attached hydrogen (secondary N) is 2. The highest BCUT2D eigenvalue weighted by atomic mass is 16.5. The minimum atomic E-state index is 0.227. The van der Waals surface area contributed by atoms with Crippen LogP contribution in [0.15, 0.2) is 39.8 Å². The summed E-state index contributed by atoms with van der Waals surface area (Å²) in [6.45, 7) is 7.70. The number of benzene rings is 1. The molecule has 2 heterocycles. The molecule has 0 spiro atoms. The summed E-state index contributed by atoms with van der Waals surface area (Å²) in [6.07, 6.45) is 2.48. The Hall–Kier alpha value is -2.54. The molecule has 0 aliphatic carbocycles. The Bertz CT molecular complexity index is 796. The van der Waals surface area contributed by atoms with Gasteiger partial charge < -0.3 is 19.9 Å². The van der Waals surface area contributed by atoms with Crippen LogP contribution >= 0.6 is 0 Å². The van der Waals surface area contributed by atoms with Gasteiger partial charge in [-0.1, -0.05) is 37.2 Å². The molecular weight excluding hydrogens is 366 g/mol. The molecule has 1 aliphatic heterocycles. The molecule has 1 fully saturated rings. The minimum Gasteiger partial charge on any atom is -0.496 e. The average Bonchev–Trinajstić information content (AvgIpc) is 3.43. The Morgan fingerprint density at radius 2 is 2.00 bits per heavy atom. The van der Waals surface area contributed by atoms with Crippen LogP contribution in [0.25, 0.3) is 0 Å². The van der Waals surface area contributed by atoms with Crippen LogP contribution in [0.3, 0.4) is 0 Å². The van der Waals surface area contributed by atoms with Crippen molar-refractivity contribution in [2.75, 3.05) is 33.8 Å². The summed E-state index contributed by atoms with van der Waals surface area (Å²) in [6, 6.07) is 10.5. The first kappa shape index (κ1) is 21.2. The number of hydrogen-bond donors (Lipinski definition) is 2. The molecule has 2 N–H and O–H groups in total. The van der Waals surface area contributed by atoms with E-state index in [1.807, 2.05) is 18.2 Å². The smallest absolute Gasteiger partial charge is 0.191 e. The van der Waals surface area contributed by atoms with Crippen LogP contribution in [-0.2, 0) is 6.54 Å². The molecule has 2 aromatic rings. The van der Waals surface area contributed by atoms with E-state index in [0.717, 1.165) is 42.8 Å². The summed E-state index contributed by atoms with van der Waals surface area (Å²) in [7, 11) is 3.51. The zero-order valence-electron chi connectivity index (χ0n) is 17.9. The van der Waals surface area contributed by atoms with E-state index in [1.165, 1.54) is 18.4 Å². The van der Waals surface area contributed by atoms with Crippen LogP contribution in [0.2, 0.25) is 0 Å². The van der Waals surface area contributed by atoms with Gasteiger partial charge in [0.2, 0.25) is 0 Å². The number of likely N-dealkylation sites (tertiary alicyclic amines) is 1. The number of ether oxygens (including phenoxy) is 1. The molecule has 29 heavy (non-hydrogen) atoms. The first-order valence-electron chi connectivity index (χ1n) is 10.4. The Balaban J connectivity index is 1.64. The Morgan fingerprint density at radius 3 is 2.66 bits per heavy atom. The largest absolute Gasteiger partial charge is 0.496 e. The van der Waals surface area contributed by atoms with Crippen molar-refractivity contribution in [1.29, 1.82) is 0 Å². The third kappa shape index (κ3) is 5.50. The van der Waals surface area contributed by atoms with Crippen molar-refractivity contribution in [3.63, 3.8) is 0 Å². The van der Waals surface area contributed by atoms with Crippen LogP contribution in [0.5, 0.6) is 5.75 Å². The number of aromatic nitrogens is 1. The molecule has 0 saturated carbocycles. The number of para-hydroxylation sites is 1. The number of methoxy groups -OCH3 is 1. The lowest BCUT2D eigenvalue weighted by Gasteiger charge is -2.29. The van der Waals surface area contributed by atoms with Gasteiger partial charge in [-0.05, 0) is 37.9 Å². The topological polar surface area (TPSA) is 74.9 Å². The second-order valence-electron chi connectivity index (χ2n) is 7.68. The summed E-state index contributed by atoms with van der Waals surface area (Å²) in [4.78, 5) is 6.88. The van der Waals surface area contributed by atoms with E-state index in [2.05, 4.69) is 51.7 Å². The van der Waals surface area contributed by atoms with Crippen molar-refractivity contribution < 1.29 is 9.26 Å². The second kappa shape index (κ2) is 10.3. The summed E-state index contributed by atoms with van der Waals surface area (Å²) < 4.78 is 11.0. The SMILES string of the molecule is CN=C(NCc1cc(C(C)C)no1)NCC(c1ccccc1OC)N1CCCC1. The van der Waals surface area contributed by atoms with E-state index >= 15 is 0 Å². The van der Waals surface area contributed by atoms with Crippen molar-refractivity contribution in [3.05, 3.63) is 47.3 Å². The number of guanidine groups is 1. The Labute approximate surface area is 173 Å². The maximum absolute atomic E-state index is 5.63. The fraction of sp³-hybridized carbons (Fsp3) is 0.545. The third-order valence-electron chi connectivity index (χ3n) is 5.36. The van der Waals surface area contributed by atoms with Crippen LogP contribution in [0.4, 0.5) is 0 Å². The van der Waals surface area contributed by atoms with E-state index in [9.17, 15) is 0 Å². The third-order valence-corrected chi connectivity index (χ3v) is 5.36. The predicted octanol–water partition coefficient (Wildman–Crippen LogP) is 3.31. The molecular formula is C22H33N5O2. The lowest BCUT2D eigenvalue weighted by molar-refractivity contribution is 0.239. The molecule has 1 aromatic heterocycles. The number of rotatable bonds is 8. The quantitative estimate of drug-likeness (QED) is 0.524. The maximum Gasteiger partial charge on any atom is 0.191 e. The molecule has 7 heteroatoms. The van der Waals surface area contributed by atoms with Crippen molar-refractivity contribution >= 4 is 5.96 Å². The summed E-state index contributed by atoms with van der Waals surface area (Å²) in [5.74, 6) is 2.83. The van der Waals surface area contributed by atoms with E-state index in [1.54, 1.807) is 14.2 Å². The highest BCUT2D eigenvalue weighted by molar-refractivity contribution is 5.79. The van der Waals surface area contributed by atoms with Crippen LogP contribution in [-0.4, -0.2) is 49.8 Å². The molecule has 1 saturated heterocycles. The molecule has 158 valence electrons. The lowest BCUT2D eigenvalue weighted by atomic mass is 10.0. The molecule has 3 rings (SSSR count). The van der Waals surface area contributed by atoms with Gasteiger partial charge >= 0.3 is 0 Å². The van der Waals surface area contributed by atoms with E-state index < -0.39 is 0 Å². The predicted molar refractivity (Wildman–Crippen MR) is 115 cm³/mol. The van der Waals surface area contributed by atoms with Crippen LogP contribution < -0.4 is 15.4 Å². The van der Waals surface area contributed by atoms with Gasteiger partial charge in [0.1, 0.15) is 5.75 Å². The lowest BCUT2D eigenvalue weighted by Crippen LogP contribution is -2.42. The van der Waals surface area contributed by atoms with Crippen LogP contribution in [0.1, 0.15) is 55.7 Å². The van der Waals surface area contributed by atoms with Crippen molar-refractivity contribution in [1.82, 2.24) is 20.7 Å². The minimum absolute atomic E-state index is 0.227. The highest BCUT2D eigenvalue weighted by Gasteiger charge is 2.26. The Kier molecular flexibility index (Phi) is 7.52. The molecule has 0 bridgehead atoms. The van der Waals surface area contributed by atoms with Gasteiger partial charge in [0.15, 0.2) is 11.7 Å². The summed E-state index contributed by atoms with van der Waals surface area (Å²) in [5, 5.41) is 10.9. The van der Waals surface area contributed by atoms with Gasteiger partial charge in [-0.2, -0.15) is 0 Å². The molecule has 7 nitrogen and oxygen atoms in total. The summed E-state index contributed by atoms with van der Waals surface area (Å²) in [5.41, 5.74) is 2.17. The normalized spacial score (nSPS) is 16.2. The second-order valence-corrected chi connectivity index (χ2v) is 7.68. The molecule has 1 aromatic carbocycles. The standard InChI is InChI=1S/C22H33N5O2/c1-16(2)19-13-17(29-26-19)14-24-22(23-3)25-15-20(27-11-7-8-12-27)18-9-5-6-10-21(18)28-4/h5-6,9-10,13,16,20H,7-8,11-12,14-15H2,1-4H3,(H2,23,24,25). The molecule has 1 atom stereocenters. The van der Waals surface area contributed by atoms with Gasteiger partial charge in [0, 0.05) is 25.2 Å². The van der Waals surface area contributed by atoms with Gasteiger partial charge in [-0.15, -0.1) is 0 Å². The molecule has 0 amide bonds. The highest BCUT2D eigenvalue weighted by Crippen LogP contribution is 2.31. The van der Waals surface area contributed by atoms with Gasteiger partial charge in [0.25, 0.3) is 0 Å². The van der Waals surface area contributed by atoms with E-state index in [-0.39, 0.29) is 6.04 Å². The molecule has 1 unspecified atom stereocenters. The summed E-state index contributed by atoms with van der Waals surface area (Å²) >= 11 is 0. The van der Waals surface area contributed by atoms with Crippen molar-refractivity contribution in [3.8, 4) is 5.75 Å². The van der Waals surface area contributed by atoms with Gasteiger partial charge in [-0.3, -0.25) is 9.89 Å². The fourth-order valence-corrected chi connectivity index (χ4v) is 3.70. The van der Waals surface area contributed by atoms with E-state index in [4.69, 9.17) is 9.26 Å².